The zero-order valence-corrected chi connectivity index (χ0v) is 16.6. The molecule has 0 bridgehead atoms. The number of nitrogens with zero attached hydrogens (tertiary/aromatic N) is 1. The second-order valence-electron chi connectivity index (χ2n) is 5.73. The van der Waals surface area contributed by atoms with Gasteiger partial charge in [-0.1, -0.05) is 42.5 Å². The van der Waals surface area contributed by atoms with Gasteiger partial charge in [-0.2, -0.15) is 0 Å². The first kappa shape index (κ1) is 20.3. The summed E-state index contributed by atoms with van der Waals surface area (Å²) < 4.78 is 5.78. The molecular weight excluding hydrogens is 413 g/mol. The first-order valence-electron chi connectivity index (χ1n) is 7.95. The minimum atomic E-state index is 0. The fourth-order valence-corrected chi connectivity index (χ4v) is 2.14. The summed E-state index contributed by atoms with van der Waals surface area (Å²) in [5.41, 5.74) is 8.16. The van der Waals surface area contributed by atoms with Crippen LogP contribution in [0.1, 0.15) is 25.0 Å². The minimum Gasteiger partial charge on any atom is -0.489 e. The third kappa shape index (κ3) is 7.68. The quantitative estimate of drug-likeness (QED) is 0.393. The fourth-order valence-electron chi connectivity index (χ4n) is 2.14. The molecule has 0 fully saturated rings. The van der Waals surface area contributed by atoms with Crippen LogP contribution < -0.4 is 15.8 Å². The van der Waals surface area contributed by atoms with Crippen LogP contribution in [0.3, 0.4) is 0 Å². The Balaban J connectivity index is 0.00000288. The van der Waals surface area contributed by atoms with Gasteiger partial charge >= 0.3 is 0 Å². The first-order valence-corrected chi connectivity index (χ1v) is 7.95. The van der Waals surface area contributed by atoms with Crippen LogP contribution >= 0.6 is 24.0 Å². The molecule has 0 unspecified atom stereocenters. The predicted molar refractivity (Wildman–Crippen MR) is 111 cm³/mol. The lowest BCUT2D eigenvalue weighted by Gasteiger charge is -2.09. The molecule has 0 aliphatic rings. The molecule has 0 saturated carbocycles. The molecular formula is C19H26IN3O. The summed E-state index contributed by atoms with van der Waals surface area (Å²) in [6.07, 6.45) is 0.861. The van der Waals surface area contributed by atoms with Gasteiger partial charge in [0.25, 0.3) is 0 Å². The lowest BCUT2D eigenvalue weighted by atomic mass is 10.1. The summed E-state index contributed by atoms with van der Waals surface area (Å²) in [4.78, 5) is 4.31. The largest absolute Gasteiger partial charge is 0.489 e. The standard InChI is InChI=1S/C19H25N3O.HI/c1-15(2)22-19(20)21-13-12-16-8-10-18(11-9-16)23-14-17-6-4-3-5-7-17;/h3-11,15H,12-14H2,1-2H3,(H3,20,21,22);1H. The van der Waals surface area contributed by atoms with Gasteiger partial charge in [0.1, 0.15) is 12.4 Å². The average Bonchev–Trinajstić information content (AvgIpc) is 2.54. The Morgan fingerprint density at radius 2 is 1.71 bits per heavy atom. The highest BCUT2D eigenvalue weighted by Crippen LogP contribution is 2.14. The average molecular weight is 439 g/mol. The molecule has 0 aliphatic heterocycles. The number of benzene rings is 2. The number of nitrogens with one attached hydrogen (secondary N) is 1. The van der Waals surface area contributed by atoms with E-state index in [0.29, 0.717) is 25.2 Å². The number of nitrogens with two attached hydrogens (primary N) is 1. The molecule has 0 amide bonds. The Morgan fingerprint density at radius 3 is 2.33 bits per heavy atom. The normalized spacial score (nSPS) is 11.0. The first-order chi connectivity index (χ1) is 11.1. The summed E-state index contributed by atoms with van der Waals surface area (Å²) in [5, 5.41) is 3.08. The molecule has 24 heavy (non-hydrogen) atoms. The maximum absolute atomic E-state index is 5.78. The number of hydrogen-bond acceptors (Lipinski definition) is 2. The summed E-state index contributed by atoms with van der Waals surface area (Å²) in [7, 11) is 0. The SMILES string of the molecule is CC(C)NC(N)=NCCc1ccc(OCc2ccccc2)cc1.I. The van der Waals surface area contributed by atoms with Crippen molar-refractivity contribution in [2.24, 2.45) is 10.7 Å². The Hall–Kier alpha value is -1.76. The molecule has 4 nitrogen and oxygen atoms in total. The van der Waals surface area contributed by atoms with E-state index in [2.05, 4.69) is 34.6 Å². The van der Waals surface area contributed by atoms with E-state index in [1.807, 2.05) is 44.2 Å². The van der Waals surface area contributed by atoms with Crippen LogP contribution in [-0.2, 0) is 13.0 Å². The van der Waals surface area contributed by atoms with Crippen molar-refractivity contribution in [3.63, 3.8) is 0 Å². The Kier molecular flexibility index (Phi) is 9.22. The second-order valence-corrected chi connectivity index (χ2v) is 5.73. The van der Waals surface area contributed by atoms with Crippen LogP contribution in [0, 0.1) is 0 Å². The lowest BCUT2D eigenvalue weighted by molar-refractivity contribution is 0.306. The molecule has 0 aliphatic carbocycles. The van der Waals surface area contributed by atoms with Gasteiger partial charge in [-0.25, -0.2) is 0 Å². The van der Waals surface area contributed by atoms with Crippen molar-refractivity contribution in [2.45, 2.75) is 32.9 Å². The van der Waals surface area contributed by atoms with E-state index >= 15 is 0 Å². The third-order valence-electron chi connectivity index (χ3n) is 3.29. The summed E-state index contributed by atoms with van der Waals surface area (Å²) in [5.74, 6) is 1.38. The molecule has 5 heteroatoms. The molecule has 2 aromatic rings. The number of halogens is 1. The number of rotatable bonds is 7. The van der Waals surface area contributed by atoms with Crippen LogP contribution in [0.4, 0.5) is 0 Å². The van der Waals surface area contributed by atoms with Crippen molar-refractivity contribution >= 4 is 29.9 Å². The molecule has 0 saturated heterocycles. The molecule has 2 aromatic carbocycles. The van der Waals surface area contributed by atoms with E-state index < -0.39 is 0 Å². The van der Waals surface area contributed by atoms with Gasteiger partial charge in [-0.3, -0.25) is 4.99 Å². The molecule has 2 rings (SSSR count). The van der Waals surface area contributed by atoms with E-state index in [1.54, 1.807) is 0 Å². The molecule has 3 N–H and O–H groups in total. The molecule has 130 valence electrons. The fraction of sp³-hybridized carbons (Fsp3) is 0.316. The van der Waals surface area contributed by atoms with Gasteiger partial charge in [-0.15, -0.1) is 24.0 Å². The summed E-state index contributed by atoms with van der Waals surface area (Å²) >= 11 is 0. The molecule has 0 spiro atoms. The van der Waals surface area contributed by atoms with E-state index in [0.717, 1.165) is 12.2 Å². The number of ether oxygens (including phenoxy) is 1. The van der Waals surface area contributed by atoms with Crippen molar-refractivity contribution in [3.8, 4) is 5.75 Å². The van der Waals surface area contributed by atoms with Gasteiger partial charge in [0.15, 0.2) is 5.96 Å². The van der Waals surface area contributed by atoms with Gasteiger partial charge < -0.3 is 15.8 Å². The Labute approximate surface area is 161 Å². The third-order valence-corrected chi connectivity index (χ3v) is 3.29. The Bertz CT molecular complexity index is 612. The van der Waals surface area contributed by atoms with Gasteiger partial charge in [0, 0.05) is 12.6 Å². The number of hydrogen-bond donors (Lipinski definition) is 2. The van der Waals surface area contributed by atoms with Crippen molar-refractivity contribution < 1.29 is 4.74 Å². The van der Waals surface area contributed by atoms with Gasteiger partial charge in [0.05, 0.1) is 0 Å². The van der Waals surface area contributed by atoms with Crippen LogP contribution in [0.25, 0.3) is 0 Å². The summed E-state index contributed by atoms with van der Waals surface area (Å²) in [6.45, 7) is 5.34. The molecule has 0 heterocycles. The monoisotopic (exact) mass is 439 g/mol. The van der Waals surface area contributed by atoms with Crippen LogP contribution in [0.15, 0.2) is 59.6 Å². The van der Waals surface area contributed by atoms with Gasteiger partial charge in [0.2, 0.25) is 0 Å². The highest BCUT2D eigenvalue weighted by molar-refractivity contribution is 14.0. The van der Waals surface area contributed by atoms with E-state index in [-0.39, 0.29) is 24.0 Å². The highest BCUT2D eigenvalue weighted by Gasteiger charge is 1.98. The minimum absolute atomic E-state index is 0. The van der Waals surface area contributed by atoms with Crippen molar-refractivity contribution in [3.05, 3.63) is 65.7 Å². The maximum Gasteiger partial charge on any atom is 0.188 e. The maximum atomic E-state index is 5.78. The zero-order chi connectivity index (χ0) is 16.5. The van der Waals surface area contributed by atoms with Crippen LogP contribution in [0.2, 0.25) is 0 Å². The van der Waals surface area contributed by atoms with E-state index in [1.165, 1.54) is 11.1 Å². The van der Waals surface area contributed by atoms with Crippen molar-refractivity contribution in [1.82, 2.24) is 5.32 Å². The predicted octanol–water partition coefficient (Wildman–Crippen LogP) is 3.74. The lowest BCUT2D eigenvalue weighted by Crippen LogP contribution is -2.36. The highest BCUT2D eigenvalue weighted by atomic mass is 127. The smallest absolute Gasteiger partial charge is 0.188 e. The molecule has 0 radical (unpaired) electrons. The molecule has 0 aromatic heterocycles. The molecule has 0 atom stereocenters. The number of guanidine groups is 1. The van der Waals surface area contributed by atoms with E-state index in [4.69, 9.17) is 10.5 Å². The summed E-state index contributed by atoms with van der Waals surface area (Å²) in [6, 6.07) is 18.6. The van der Waals surface area contributed by atoms with Crippen LogP contribution in [0.5, 0.6) is 5.75 Å². The Morgan fingerprint density at radius 1 is 1.04 bits per heavy atom. The van der Waals surface area contributed by atoms with E-state index in [9.17, 15) is 0 Å². The van der Waals surface area contributed by atoms with Crippen molar-refractivity contribution in [1.29, 1.82) is 0 Å². The second kappa shape index (κ2) is 10.9. The number of aliphatic imine (C=N–C) groups is 1. The van der Waals surface area contributed by atoms with Gasteiger partial charge in [-0.05, 0) is 43.5 Å². The zero-order valence-electron chi connectivity index (χ0n) is 14.2. The van der Waals surface area contributed by atoms with Crippen molar-refractivity contribution in [2.75, 3.05) is 6.54 Å². The topological polar surface area (TPSA) is 59.6 Å². The van der Waals surface area contributed by atoms with Crippen LogP contribution in [-0.4, -0.2) is 18.5 Å².